The molecule has 0 bridgehead atoms. The first-order valence-electron chi connectivity index (χ1n) is 4.53. The van der Waals surface area contributed by atoms with E-state index in [2.05, 4.69) is 33.4 Å². The van der Waals surface area contributed by atoms with Crippen LogP contribution in [0.4, 0.5) is 4.79 Å². The van der Waals surface area contributed by atoms with Crippen LogP contribution in [0.15, 0.2) is 0 Å². The number of carboxylic acid groups (broad SMARTS) is 1. The summed E-state index contributed by atoms with van der Waals surface area (Å²) in [6.07, 6.45) is -0.894. The van der Waals surface area contributed by atoms with Gasteiger partial charge in [-0.25, -0.2) is 4.79 Å². The highest BCUT2D eigenvalue weighted by Crippen LogP contribution is 2.14. The van der Waals surface area contributed by atoms with Gasteiger partial charge in [0.2, 0.25) is 0 Å². The molecule has 0 saturated heterocycles. The molecule has 1 amide bonds. The van der Waals surface area contributed by atoms with Crippen molar-refractivity contribution < 1.29 is 9.90 Å². The molecule has 1 N–H and O–H groups in total. The Bertz CT molecular complexity index is 171. The Kier molecular flexibility index (Phi) is 5.21. The topological polar surface area (TPSA) is 40.5 Å². The van der Waals surface area contributed by atoms with Crippen molar-refractivity contribution in [2.75, 3.05) is 6.54 Å². The Labute approximate surface area is 85.5 Å². The number of hydrogen-bond donors (Lipinski definition) is 2. The van der Waals surface area contributed by atoms with E-state index in [9.17, 15) is 4.79 Å². The predicted octanol–water partition coefficient (Wildman–Crippen LogP) is 2.53. The van der Waals surface area contributed by atoms with E-state index in [1.807, 2.05) is 0 Å². The van der Waals surface area contributed by atoms with E-state index < -0.39 is 6.09 Å². The summed E-state index contributed by atoms with van der Waals surface area (Å²) in [6, 6.07) is 0. The van der Waals surface area contributed by atoms with Crippen molar-refractivity contribution >= 4 is 18.7 Å². The van der Waals surface area contributed by atoms with Gasteiger partial charge in [0.1, 0.15) is 0 Å². The molecule has 0 aromatic rings. The first-order chi connectivity index (χ1) is 5.86. The number of carbonyl (C=O) groups is 1. The standard InChI is InChI=1S/C9H19NO2S/c1-6(2)7(3)5-10(8(4)13)9(11)12/h6-8,13H,5H2,1-4H3,(H,11,12). The molecule has 0 aromatic carbocycles. The summed E-state index contributed by atoms with van der Waals surface area (Å²) in [5, 5.41) is 8.61. The Morgan fingerprint density at radius 2 is 1.85 bits per heavy atom. The van der Waals surface area contributed by atoms with E-state index in [1.54, 1.807) is 6.92 Å². The number of nitrogens with zero attached hydrogens (tertiary/aromatic N) is 1. The fourth-order valence-corrected chi connectivity index (χ4v) is 1.10. The van der Waals surface area contributed by atoms with Gasteiger partial charge in [-0.15, -0.1) is 0 Å². The first-order valence-corrected chi connectivity index (χ1v) is 5.05. The zero-order valence-corrected chi connectivity index (χ0v) is 9.58. The lowest BCUT2D eigenvalue weighted by Crippen LogP contribution is -2.38. The van der Waals surface area contributed by atoms with Gasteiger partial charge in [0.15, 0.2) is 0 Å². The summed E-state index contributed by atoms with van der Waals surface area (Å²) < 4.78 is 0. The first kappa shape index (κ1) is 12.6. The lowest BCUT2D eigenvalue weighted by atomic mass is 9.98. The van der Waals surface area contributed by atoms with E-state index in [1.165, 1.54) is 4.90 Å². The van der Waals surface area contributed by atoms with Crippen LogP contribution < -0.4 is 0 Å². The normalized spacial score (nSPS) is 15.5. The summed E-state index contributed by atoms with van der Waals surface area (Å²) in [7, 11) is 0. The van der Waals surface area contributed by atoms with E-state index in [-0.39, 0.29) is 5.37 Å². The van der Waals surface area contributed by atoms with Crippen LogP contribution in [-0.4, -0.2) is 28.0 Å². The van der Waals surface area contributed by atoms with E-state index in [4.69, 9.17) is 5.11 Å². The van der Waals surface area contributed by atoms with Crippen LogP contribution in [0.2, 0.25) is 0 Å². The van der Waals surface area contributed by atoms with Crippen molar-refractivity contribution in [3.05, 3.63) is 0 Å². The molecule has 0 aliphatic rings. The van der Waals surface area contributed by atoms with Crippen LogP contribution in [0.1, 0.15) is 27.7 Å². The molecular weight excluding hydrogens is 186 g/mol. The maximum absolute atomic E-state index is 10.8. The van der Waals surface area contributed by atoms with Crippen molar-refractivity contribution in [3.63, 3.8) is 0 Å². The molecule has 0 spiro atoms. The fourth-order valence-electron chi connectivity index (χ4n) is 0.912. The van der Waals surface area contributed by atoms with Crippen molar-refractivity contribution in [1.82, 2.24) is 4.90 Å². The van der Waals surface area contributed by atoms with Crippen LogP contribution in [0.5, 0.6) is 0 Å². The average molecular weight is 205 g/mol. The minimum Gasteiger partial charge on any atom is -0.465 e. The second-order valence-electron chi connectivity index (χ2n) is 3.79. The molecule has 0 aromatic heterocycles. The summed E-state index contributed by atoms with van der Waals surface area (Å²) in [5.74, 6) is 0.861. The lowest BCUT2D eigenvalue weighted by molar-refractivity contribution is 0.131. The smallest absolute Gasteiger partial charge is 0.408 e. The van der Waals surface area contributed by atoms with Crippen molar-refractivity contribution in [3.8, 4) is 0 Å². The molecule has 0 aliphatic carbocycles. The Balaban J connectivity index is 4.18. The maximum atomic E-state index is 10.8. The van der Waals surface area contributed by atoms with Gasteiger partial charge in [-0.05, 0) is 18.8 Å². The van der Waals surface area contributed by atoms with Crippen LogP contribution in [0, 0.1) is 11.8 Å². The highest BCUT2D eigenvalue weighted by molar-refractivity contribution is 7.80. The molecule has 0 rings (SSSR count). The zero-order valence-electron chi connectivity index (χ0n) is 8.69. The van der Waals surface area contributed by atoms with Gasteiger partial charge in [-0.3, -0.25) is 4.90 Å². The van der Waals surface area contributed by atoms with Crippen molar-refractivity contribution in [1.29, 1.82) is 0 Å². The molecule has 2 unspecified atom stereocenters. The minimum atomic E-state index is -0.894. The molecule has 0 aliphatic heterocycles. The van der Waals surface area contributed by atoms with Crippen LogP contribution in [0.3, 0.4) is 0 Å². The average Bonchev–Trinajstić information content (AvgIpc) is 1.97. The third kappa shape index (κ3) is 4.41. The van der Waals surface area contributed by atoms with Crippen molar-refractivity contribution in [2.45, 2.75) is 33.1 Å². The largest absolute Gasteiger partial charge is 0.465 e. The van der Waals surface area contributed by atoms with Gasteiger partial charge in [-0.2, -0.15) is 12.6 Å². The molecular formula is C9H19NO2S. The Morgan fingerprint density at radius 3 is 2.08 bits per heavy atom. The second-order valence-corrected chi connectivity index (χ2v) is 4.54. The SMILES string of the molecule is CC(C)C(C)CN(C(=O)O)C(C)S. The minimum absolute atomic E-state index is 0.237. The molecule has 0 heterocycles. The second kappa shape index (κ2) is 5.37. The molecule has 4 heteroatoms. The van der Waals surface area contributed by atoms with Crippen LogP contribution in [-0.2, 0) is 0 Å². The number of hydrogen-bond acceptors (Lipinski definition) is 2. The van der Waals surface area contributed by atoms with Gasteiger partial charge in [0.05, 0.1) is 5.37 Å². The zero-order chi connectivity index (χ0) is 10.6. The highest BCUT2D eigenvalue weighted by Gasteiger charge is 2.20. The number of amides is 1. The van der Waals surface area contributed by atoms with Crippen LogP contribution >= 0.6 is 12.6 Å². The summed E-state index contributed by atoms with van der Waals surface area (Å²) in [4.78, 5) is 12.1. The fraction of sp³-hybridized carbons (Fsp3) is 0.889. The van der Waals surface area contributed by atoms with Crippen LogP contribution in [0.25, 0.3) is 0 Å². The summed E-state index contributed by atoms with van der Waals surface area (Å²) in [5.41, 5.74) is 0. The number of thiol groups is 1. The summed E-state index contributed by atoms with van der Waals surface area (Å²) >= 11 is 4.12. The highest BCUT2D eigenvalue weighted by atomic mass is 32.1. The lowest BCUT2D eigenvalue weighted by Gasteiger charge is -2.27. The van der Waals surface area contributed by atoms with E-state index in [0.717, 1.165) is 0 Å². The van der Waals surface area contributed by atoms with Gasteiger partial charge in [0, 0.05) is 6.54 Å². The van der Waals surface area contributed by atoms with Gasteiger partial charge < -0.3 is 5.11 Å². The maximum Gasteiger partial charge on any atom is 0.408 e. The Morgan fingerprint density at radius 1 is 1.38 bits per heavy atom. The third-order valence-electron chi connectivity index (χ3n) is 2.32. The molecule has 2 atom stereocenters. The molecule has 0 radical (unpaired) electrons. The van der Waals surface area contributed by atoms with Gasteiger partial charge >= 0.3 is 6.09 Å². The molecule has 78 valence electrons. The van der Waals surface area contributed by atoms with E-state index in [0.29, 0.717) is 18.4 Å². The molecule has 0 fully saturated rings. The molecule has 0 saturated carbocycles. The molecule has 13 heavy (non-hydrogen) atoms. The quantitative estimate of drug-likeness (QED) is 0.547. The Hall–Kier alpha value is -0.380. The monoisotopic (exact) mass is 205 g/mol. The molecule has 3 nitrogen and oxygen atoms in total. The van der Waals surface area contributed by atoms with Gasteiger partial charge in [-0.1, -0.05) is 20.8 Å². The van der Waals surface area contributed by atoms with Gasteiger partial charge in [0.25, 0.3) is 0 Å². The number of rotatable bonds is 4. The van der Waals surface area contributed by atoms with Crippen molar-refractivity contribution in [2.24, 2.45) is 11.8 Å². The van der Waals surface area contributed by atoms with E-state index >= 15 is 0 Å². The summed E-state index contributed by atoms with van der Waals surface area (Å²) in [6.45, 7) is 8.56. The predicted molar refractivity (Wildman–Crippen MR) is 57.2 cm³/mol. The third-order valence-corrected chi connectivity index (χ3v) is 2.60.